The Hall–Kier alpha value is -1.93. The predicted octanol–water partition coefficient (Wildman–Crippen LogP) is 3.31. The molecule has 1 heterocycles. The van der Waals surface area contributed by atoms with Crippen molar-refractivity contribution in [3.63, 3.8) is 0 Å². The monoisotopic (exact) mass is 464 g/mol. The summed E-state index contributed by atoms with van der Waals surface area (Å²) < 4.78 is 33.5. The third kappa shape index (κ3) is 5.52. The quantitative estimate of drug-likeness (QED) is 0.652. The number of esters is 1. The maximum Gasteiger partial charge on any atom is 0.309 e. The predicted molar refractivity (Wildman–Crippen MR) is 123 cm³/mol. The Morgan fingerprint density at radius 2 is 1.53 bits per heavy atom. The highest BCUT2D eigenvalue weighted by molar-refractivity contribution is 7.89. The van der Waals surface area contributed by atoms with Crippen LogP contribution >= 0.6 is 0 Å². The minimum absolute atomic E-state index is 0.181. The van der Waals surface area contributed by atoms with Crippen LogP contribution in [0.3, 0.4) is 0 Å². The Bertz CT molecular complexity index is 933. The number of benzene rings is 1. The summed E-state index contributed by atoms with van der Waals surface area (Å²) in [5.74, 6) is -1.06. The number of nitrogens with one attached hydrogen (secondary N) is 1. The van der Waals surface area contributed by atoms with Gasteiger partial charge in [0.15, 0.2) is 6.61 Å². The van der Waals surface area contributed by atoms with Gasteiger partial charge >= 0.3 is 5.97 Å². The van der Waals surface area contributed by atoms with E-state index in [0.717, 1.165) is 47.9 Å². The van der Waals surface area contributed by atoms with Crippen molar-refractivity contribution in [2.75, 3.05) is 19.7 Å². The van der Waals surface area contributed by atoms with Crippen molar-refractivity contribution < 1.29 is 22.7 Å². The van der Waals surface area contributed by atoms with Crippen molar-refractivity contribution in [3.05, 3.63) is 28.3 Å². The highest BCUT2D eigenvalue weighted by Crippen LogP contribution is 2.31. The summed E-state index contributed by atoms with van der Waals surface area (Å²) in [6.45, 7) is 7.80. The lowest BCUT2D eigenvalue weighted by molar-refractivity contribution is -0.153. The van der Waals surface area contributed by atoms with Gasteiger partial charge < -0.3 is 10.1 Å². The molecule has 0 aromatic heterocycles. The van der Waals surface area contributed by atoms with Gasteiger partial charge in [0.25, 0.3) is 5.91 Å². The molecule has 1 aromatic carbocycles. The van der Waals surface area contributed by atoms with E-state index in [1.807, 2.05) is 33.8 Å². The molecule has 1 aliphatic heterocycles. The summed E-state index contributed by atoms with van der Waals surface area (Å²) >= 11 is 0. The van der Waals surface area contributed by atoms with E-state index in [9.17, 15) is 18.0 Å². The molecule has 2 fully saturated rings. The number of sulfonamides is 1. The fourth-order valence-electron chi connectivity index (χ4n) is 4.80. The van der Waals surface area contributed by atoms with E-state index in [-0.39, 0.29) is 37.6 Å². The Balaban J connectivity index is 1.54. The maximum atomic E-state index is 13.4. The van der Waals surface area contributed by atoms with Crippen molar-refractivity contribution in [2.45, 2.75) is 83.6 Å². The number of amides is 1. The lowest BCUT2D eigenvalue weighted by Crippen LogP contribution is -2.42. The normalized spacial score (nSPS) is 19.0. The van der Waals surface area contributed by atoms with Gasteiger partial charge in [-0.15, -0.1) is 0 Å². The van der Waals surface area contributed by atoms with Crippen LogP contribution in [0, 0.1) is 33.6 Å². The zero-order chi connectivity index (χ0) is 23.5. The minimum Gasteiger partial charge on any atom is -0.455 e. The first kappa shape index (κ1) is 24.7. The van der Waals surface area contributed by atoms with Crippen LogP contribution in [0.2, 0.25) is 0 Å². The molecular formula is C24H36N2O5S. The van der Waals surface area contributed by atoms with E-state index in [1.54, 1.807) is 0 Å². The highest BCUT2D eigenvalue weighted by atomic mass is 32.2. The highest BCUT2D eigenvalue weighted by Gasteiger charge is 2.35. The van der Waals surface area contributed by atoms with Crippen molar-refractivity contribution in [1.82, 2.24) is 9.62 Å². The Labute approximate surface area is 191 Å². The smallest absolute Gasteiger partial charge is 0.309 e. The van der Waals surface area contributed by atoms with Gasteiger partial charge in [-0.3, -0.25) is 9.59 Å². The molecule has 178 valence electrons. The van der Waals surface area contributed by atoms with Gasteiger partial charge in [0.1, 0.15) is 0 Å². The van der Waals surface area contributed by atoms with Crippen LogP contribution in [0.1, 0.15) is 67.2 Å². The van der Waals surface area contributed by atoms with Crippen LogP contribution < -0.4 is 5.32 Å². The molecule has 1 amide bonds. The maximum absolute atomic E-state index is 13.4. The average molecular weight is 465 g/mol. The second-order valence-corrected chi connectivity index (χ2v) is 11.2. The topological polar surface area (TPSA) is 92.8 Å². The number of carbonyl (C=O) groups excluding carboxylic acids is 2. The standard InChI is InChI=1S/C24H36N2O5S/c1-16-14-17(2)19(4)23(18(16)3)32(29,30)26-12-10-20(11-13-26)24(28)31-15-22(27)25-21-8-6-5-7-9-21/h14,20-21H,5-13,15H2,1-4H3,(H,25,27). The third-order valence-corrected chi connectivity index (χ3v) is 9.17. The van der Waals surface area contributed by atoms with Crippen LogP contribution in [0.25, 0.3) is 0 Å². The van der Waals surface area contributed by atoms with Gasteiger partial charge in [-0.1, -0.05) is 25.3 Å². The van der Waals surface area contributed by atoms with Gasteiger partial charge in [-0.2, -0.15) is 4.31 Å². The molecule has 0 atom stereocenters. The number of nitrogens with zero attached hydrogens (tertiary/aromatic N) is 1. The van der Waals surface area contributed by atoms with E-state index < -0.39 is 16.0 Å². The average Bonchev–Trinajstić information content (AvgIpc) is 2.77. The van der Waals surface area contributed by atoms with E-state index >= 15 is 0 Å². The van der Waals surface area contributed by atoms with E-state index in [2.05, 4.69) is 5.32 Å². The van der Waals surface area contributed by atoms with Crippen molar-refractivity contribution in [1.29, 1.82) is 0 Å². The van der Waals surface area contributed by atoms with Gasteiger partial charge in [-0.25, -0.2) is 8.42 Å². The number of hydrogen-bond donors (Lipinski definition) is 1. The Morgan fingerprint density at radius 1 is 0.969 bits per heavy atom. The molecule has 32 heavy (non-hydrogen) atoms. The second kappa shape index (κ2) is 10.3. The Morgan fingerprint density at radius 3 is 2.09 bits per heavy atom. The molecule has 0 bridgehead atoms. The molecular weight excluding hydrogens is 428 g/mol. The van der Waals surface area contributed by atoms with Crippen molar-refractivity contribution in [2.24, 2.45) is 5.92 Å². The molecule has 0 spiro atoms. The number of ether oxygens (including phenoxy) is 1. The molecule has 3 rings (SSSR count). The first-order chi connectivity index (χ1) is 15.1. The number of hydrogen-bond acceptors (Lipinski definition) is 5. The number of piperidine rings is 1. The first-order valence-corrected chi connectivity index (χ1v) is 13.1. The summed E-state index contributed by atoms with van der Waals surface area (Å²) in [7, 11) is -3.64. The molecule has 0 radical (unpaired) electrons. The van der Waals surface area contributed by atoms with Crippen LogP contribution in [-0.2, 0) is 24.3 Å². The van der Waals surface area contributed by atoms with Gasteiger partial charge in [-0.05, 0) is 75.6 Å². The molecule has 1 aromatic rings. The molecule has 1 saturated heterocycles. The van der Waals surface area contributed by atoms with Crippen LogP contribution in [-0.4, -0.2) is 50.3 Å². The Kier molecular flexibility index (Phi) is 7.98. The van der Waals surface area contributed by atoms with Crippen LogP contribution in [0.15, 0.2) is 11.0 Å². The fraction of sp³-hybridized carbons (Fsp3) is 0.667. The molecule has 1 N–H and O–H groups in total. The molecule has 8 heteroatoms. The minimum atomic E-state index is -3.64. The lowest BCUT2D eigenvalue weighted by Gasteiger charge is -2.31. The zero-order valence-corrected chi connectivity index (χ0v) is 20.5. The zero-order valence-electron chi connectivity index (χ0n) is 19.7. The van der Waals surface area contributed by atoms with E-state index in [4.69, 9.17) is 4.74 Å². The number of carbonyl (C=O) groups is 2. The van der Waals surface area contributed by atoms with Crippen LogP contribution in [0.4, 0.5) is 0 Å². The van der Waals surface area contributed by atoms with Gasteiger partial charge in [0, 0.05) is 19.1 Å². The van der Waals surface area contributed by atoms with Gasteiger partial charge in [0.05, 0.1) is 10.8 Å². The summed E-state index contributed by atoms with van der Waals surface area (Å²) in [5.41, 5.74) is 3.46. The molecule has 2 aliphatic rings. The molecule has 0 unspecified atom stereocenters. The first-order valence-electron chi connectivity index (χ1n) is 11.6. The van der Waals surface area contributed by atoms with Gasteiger partial charge in [0.2, 0.25) is 10.0 Å². The fourth-order valence-corrected chi connectivity index (χ4v) is 6.84. The molecule has 1 saturated carbocycles. The second-order valence-electron chi connectivity index (χ2n) is 9.28. The van der Waals surface area contributed by atoms with E-state index in [1.165, 1.54) is 10.7 Å². The SMILES string of the molecule is Cc1cc(C)c(C)c(S(=O)(=O)N2CCC(C(=O)OCC(=O)NC3CCCCC3)CC2)c1C. The molecule has 7 nitrogen and oxygen atoms in total. The third-order valence-electron chi connectivity index (χ3n) is 7.00. The van der Waals surface area contributed by atoms with Crippen molar-refractivity contribution in [3.8, 4) is 0 Å². The summed E-state index contributed by atoms with van der Waals surface area (Å²) in [4.78, 5) is 24.9. The van der Waals surface area contributed by atoms with Crippen molar-refractivity contribution >= 4 is 21.9 Å². The largest absolute Gasteiger partial charge is 0.455 e. The lowest BCUT2D eigenvalue weighted by atomic mass is 9.95. The van der Waals surface area contributed by atoms with E-state index in [0.29, 0.717) is 17.7 Å². The van der Waals surface area contributed by atoms with Crippen LogP contribution in [0.5, 0.6) is 0 Å². The summed E-state index contributed by atoms with van der Waals surface area (Å²) in [6, 6.07) is 2.19. The summed E-state index contributed by atoms with van der Waals surface area (Å²) in [5, 5.41) is 2.94. The number of rotatable bonds is 6. The molecule has 1 aliphatic carbocycles. The number of aryl methyl sites for hydroxylation is 2. The summed E-state index contributed by atoms with van der Waals surface area (Å²) in [6.07, 6.45) is 6.19.